The summed E-state index contributed by atoms with van der Waals surface area (Å²) in [5.41, 5.74) is 4.23. The number of alkyl halides is 3. The number of fused-ring (bicyclic) bond motifs is 2. The number of benzene rings is 2. The highest BCUT2D eigenvalue weighted by atomic mass is 19.4. The van der Waals surface area contributed by atoms with Gasteiger partial charge in [0.1, 0.15) is 5.82 Å². The second kappa shape index (κ2) is 9.53. The molecule has 0 radical (unpaired) electrons. The zero-order valence-electron chi connectivity index (χ0n) is 18.0. The molecule has 0 unspecified atom stereocenters. The lowest BCUT2D eigenvalue weighted by molar-refractivity contribution is -0.192. The normalized spacial score (nSPS) is 12.9. The van der Waals surface area contributed by atoms with Crippen LogP contribution >= 0.6 is 0 Å². The summed E-state index contributed by atoms with van der Waals surface area (Å²) in [5, 5.41) is 14.9. The summed E-state index contributed by atoms with van der Waals surface area (Å²) in [5.74, 6) is -3.25. The Bertz CT molecular complexity index is 1390. The number of para-hydroxylation sites is 1. The number of amides is 1. The maximum atomic E-state index is 14.4. The molecule has 5 rings (SSSR count). The highest BCUT2D eigenvalue weighted by Gasteiger charge is 2.38. The molecule has 0 spiro atoms. The summed E-state index contributed by atoms with van der Waals surface area (Å²) in [6.07, 6.45) is -1.11. The number of pyridine rings is 1. The van der Waals surface area contributed by atoms with Crippen LogP contribution in [0.15, 0.2) is 60.9 Å². The molecule has 0 atom stereocenters. The van der Waals surface area contributed by atoms with Crippen LogP contribution in [0.4, 0.5) is 17.6 Å². The van der Waals surface area contributed by atoms with Gasteiger partial charge in [-0.05, 0) is 23.8 Å². The lowest BCUT2D eigenvalue weighted by atomic mass is 9.98. The number of aliphatic carboxylic acids is 1. The van der Waals surface area contributed by atoms with Gasteiger partial charge in [0.05, 0.1) is 17.3 Å². The second-order valence-corrected chi connectivity index (χ2v) is 7.71. The Morgan fingerprint density at radius 1 is 1.11 bits per heavy atom. The van der Waals surface area contributed by atoms with Gasteiger partial charge in [-0.1, -0.05) is 30.3 Å². The lowest BCUT2D eigenvalue weighted by Crippen LogP contribution is -2.26. The van der Waals surface area contributed by atoms with Crippen LogP contribution in [-0.2, 0) is 17.8 Å². The van der Waals surface area contributed by atoms with E-state index < -0.39 is 12.1 Å². The van der Waals surface area contributed by atoms with Crippen molar-refractivity contribution in [3.63, 3.8) is 0 Å². The SMILES string of the molecule is O=C(O)C(F)(F)F.O=C1c2c(-c3cn[nH]c3)ccc(F)c2CN1CCc1ccc2ccccc2n1. The molecule has 0 saturated carbocycles. The number of carboxylic acid groups (broad SMARTS) is 1. The number of nitrogens with one attached hydrogen (secondary N) is 1. The van der Waals surface area contributed by atoms with E-state index in [4.69, 9.17) is 9.90 Å². The van der Waals surface area contributed by atoms with Gasteiger partial charge in [-0.2, -0.15) is 18.3 Å². The van der Waals surface area contributed by atoms with E-state index in [0.717, 1.165) is 22.2 Å². The molecule has 35 heavy (non-hydrogen) atoms. The number of hydrogen-bond acceptors (Lipinski definition) is 4. The standard InChI is InChI=1S/C22H17FN4O.C2HF3O2/c23-19-8-7-17(15-11-24-25-12-15)21-18(19)13-27(22(21)28)10-9-16-6-5-14-3-1-2-4-20(14)26-16;3-2(4,5)1(6)7/h1-8,11-12H,9-10,13H2,(H,24,25);(H,6,7). The van der Waals surface area contributed by atoms with Crippen molar-refractivity contribution < 1.29 is 32.3 Å². The Kier molecular flexibility index (Phi) is 6.50. The number of nitrogens with zero attached hydrogens (tertiary/aromatic N) is 3. The van der Waals surface area contributed by atoms with Crippen molar-refractivity contribution in [3.8, 4) is 11.1 Å². The fraction of sp³-hybridized carbons (Fsp3) is 0.167. The molecule has 0 fully saturated rings. The Labute approximate surface area is 196 Å². The fourth-order valence-electron chi connectivity index (χ4n) is 3.76. The Morgan fingerprint density at radius 3 is 2.54 bits per heavy atom. The molecule has 0 aliphatic carbocycles. The van der Waals surface area contributed by atoms with E-state index in [0.29, 0.717) is 29.7 Å². The van der Waals surface area contributed by atoms with E-state index >= 15 is 0 Å². The maximum absolute atomic E-state index is 14.4. The van der Waals surface area contributed by atoms with Gasteiger partial charge in [-0.25, -0.2) is 9.18 Å². The van der Waals surface area contributed by atoms with Crippen molar-refractivity contribution >= 4 is 22.8 Å². The number of carbonyl (C=O) groups is 2. The van der Waals surface area contributed by atoms with Gasteiger partial charge in [-0.3, -0.25) is 14.9 Å². The minimum Gasteiger partial charge on any atom is -0.475 e. The molecule has 180 valence electrons. The van der Waals surface area contributed by atoms with E-state index in [9.17, 15) is 22.4 Å². The molecule has 2 aromatic heterocycles. The van der Waals surface area contributed by atoms with Crippen LogP contribution in [0.25, 0.3) is 22.0 Å². The molecular weight excluding hydrogens is 468 g/mol. The first-order chi connectivity index (χ1) is 16.6. The molecule has 1 aliphatic heterocycles. The van der Waals surface area contributed by atoms with Gasteiger partial charge in [0, 0.05) is 47.9 Å². The van der Waals surface area contributed by atoms with Crippen LogP contribution < -0.4 is 0 Å². The monoisotopic (exact) mass is 486 g/mol. The van der Waals surface area contributed by atoms with Gasteiger partial charge >= 0.3 is 12.1 Å². The number of carboxylic acids is 1. The maximum Gasteiger partial charge on any atom is 0.490 e. The van der Waals surface area contributed by atoms with E-state index in [-0.39, 0.29) is 18.3 Å². The summed E-state index contributed by atoms with van der Waals surface area (Å²) >= 11 is 0. The van der Waals surface area contributed by atoms with Gasteiger partial charge in [0.15, 0.2) is 0 Å². The summed E-state index contributed by atoms with van der Waals surface area (Å²) in [6, 6.07) is 15.0. The quantitative estimate of drug-likeness (QED) is 0.411. The van der Waals surface area contributed by atoms with Crippen molar-refractivity contribution in [3.05, 3.63) is 83.6 Å². The predicted molar refractivity (Wildman–Crippen MR) is 118 cm³/mol. The minimum absolute atomic E-state index is 0.147. The molecule has 1 aliphatic rings. The minimum atomic E-state index is -5.08. The van der Waals surface area contributed by atoms with E-state index in [1.54, 1.807) is 23.4 Å². The number of carbonyl (C=O) groups excluding carboxylic acids is 1. The molecule has 7 nitrogen and oxygen atoms in total. The number of hydrogen-bond donors (Lipinski definition) is 2. The largest absolute Gasteiger partial charge is 0.490 e. The van der Waals surface area contributed by atoms with E-state index in [1.807, 2.05) is 36.4 Å². The molecule has 0 bridgehead atoms. The predicted octanol–water partition coefficient (Wildman–Crippen LogP) is 4.60. The Morgan fingerprint density at radius 2 is 1.86 bits per heavy atom. The highest BCUT2D eigenvalue weighted by Crippen LogP contribution is 2.34. The third-order valence-corrected chi connectivity index (χ3v) is 5.45. The van der Waals surface area contributed by atoms with Crippen LogP contribution in [0.5, 0.6) is 0 Å². The first kappa shape index (κ1) is 23.9. The Balaban J connectivity index is 0.000000364. The van der Waals surface area contributed by atoms with Crippen molar-refractivity contribution in [2.24, 2.45) is 0 Å². The van der Waals surface area contributed by atoms with Crippen LogP contribution in [0.1, 0.15) is 21.6 Å². The average molecular weight is 486 g/mol. The molecule has 4 aromatic rings. The summed E-state index contributed by atoms with van der Waals surface area (Å²) in [6.45, 7) is 0.766. The van der Waals surface area contributed by atoms with Gasteiger partial charge in [0.2, 0.25) is 0 Å². The van der Waals surface area contributed by atoms with Gasteiger partial charge in [-0.15, -0.1) is 0 Å². The van der Waals surface area contributed by atoms with Crippen molar-refractivity contribution in [2.45, 2.75) is 19.1 Å². The molecule has 11 heteroatoms. The van der Waals surface area contributed by atoms with E-state index in [2.05, 4.69) is 15.2 Å². The van der Waals surface area contributed by atoms with Gasteiger partial charge < -0.3 is 10.0 Å². The third-order valence-electron chi connectivity index (χ3n) is 5.45. The molecular formula is C24H18F4N4O3. The smallest absolute Gasteiger partial charge is 0.475 e. The number of aromatic nitrogens is 3. The highest BCUT2D eigenvalue weighted by molar-refractivity contribution is 6.04. The van der Waals surface area contributed by atoms with Crippen molar-refractivity contribution in [1.29, 1.82) is 0 Å². The molecule has 1 amide bonds. The summed E-state index contributed by atoms with van der Waals surface area (Å²) in [4.78, 5) is 28.3. The molecule has 0 saturated heterocycles. The van der Waals surface area contributed by atoms with Crippen LogP contribution in [0.3, 0.4) is 0 Å². The topological polar surface area (TPSA) is 99.2 Å². The number of halogens is 4. The van der Waals surface area contributed by atoms with Crippen LogP contribution in [0.2, 0.25) is 0 Å². The number of rotatable bonds is 4. The fourth-order valence-corrected chi connectivity index (χ4v) is 3.76. The third kappa shape index (κ3) is 5.13. The van der Waals surface area contributed by atoms with E-state index in [1.165, 1.54) is 6.07 Å². The zero-order chi connectivity index (χ0) is 25.2. The lowest BCUT2D eigenvalue weighted by Gasteiger charge is -2.15. The average Bonchev–Trinajstić information content (AvgIpc) is 3.47. The summed E-state index contributed by atoms with van der Waals surface area (Å²) < 4.78 is 46.1. The molecule has 2 N–H and O–H groups in total. The first-order valence-electron chi connectivity index (χ1n) is 10.4. The Hall–Kier alpha value is -4.28. The van der Waals surface area contributed by atoms with Crippen LogP contribution in [-0.4, -0.2) is 49.8 Å². The molecule has 2 aromatic carbocycles. The number of aromatic amines is 1. The van der Waals surface area contributed by atoms with Crippen LogP contribution in [0, 0.1) is 5.82 Å². The number of H-pyrrole nitrogens is 1. The first-order valence-corrected chi connectivity index (χ1v) is 10.4. The van der Waals surface area contributed by atoms with Gasteiger partial charge in [0.25, 0.3) is 5.91 Å². The zero-order valence-corrected chi connectivity index (χ0v) is 18.0. The van der Waals surface area contributed by atoms with Crippen molar-refractivity contribution in [2.75, 3.05) is 6.54 Å². The van der Waals surface area contributed by atoms with Crippen molar-refractivity contribution in [1.82, 2.24) is 20.1 Å². The summed E-state index contributed by atoms with van der Waals surface area (Å²) in [7, 11) is 0. The molecule has 3 heterocycles. The second-order valence-electron chi connectivity index (χ2n) is 7.71.